The average molecular weight is 312 g/mol. The van der Waals surface area contributed by atoms with E-state index in [0.717, 1.165) is 0 Å². The van der Waals surface area contributed by atoms with Gasteiger partial charge in [-0.25, -0.2) is 0 Å². The van der Waals surface area contributed by atoms with Crippen molar-refractivity contribution in [1.82, 2.24) is 15.1 Å². The number of hydrogen-bond donors (Lipinski definition) is 2. The third-order valence-electron chi connectivity index (χ3n) is 3.93. The van der Waals surface area contributed by atoms with Crippen LogP contribution in [0.3, 0.4) is 0 Å². The van der Waals surface area contributed by atoms with Gasteiger partial charge < -0.3 is 20.9 Å². The van der Waals surface area contributed by atoms with Gasteiger partial charge in [0.25, 0.3) is 0 Å². The molecular formula is C15H28N4O3. The number of hydrogen-bond acceptors (Lipinski definition) is 4. The van der Waals surface area contributed by atoms with E-state index < -0.39 is 6.04 Å². The van der Waals surface area contributed by atoms with E-state index >= 15 is 0 Å². The molecule has 0 aromatic rings. The van der Waals surface area contributed by atoms with Crippen molar-refractivity contribution in [3.63, 3.8) is 0 Å². The van der Waals surface area contributed by atoms with Crippen LogP contribution in [-0.4, -0.2) is 66.3 Å². The zero-order valence-electron chi connectivity index (χ0n) is 14.0. The lowest BCUT2D eigenvalue weighted by Gasteiger charge is -2.34. The highest BCUT2D eigenvalue weighted by Crippen LogP contribution is 2.17. The zero-order valence-corrected chi connectivity index (χ0v) is 14.0. The van der Waals surface area contributed by atoms with Gasteiger partial charge >= 0.3 is 0 Å². The predicted octanol–water partition coefficient (Wildman–Crippen LogP) is -0.443. The summed E-state index contributed by atoms with van der Waals surface area (Å²) in [5.41, 5.74) is 5.54. The fourth-order valence-electron chi connectivity index (χ4n) is 2.22. The molecular weight excluding hydrogens is 284 g/mol. The fourth-order valence-corrected chi connectivity index (χ4v) is 2.22. The first-order chi connectivity index (χ1) is 10.1. The van der Waals surface area contributed by atoms with Crippen molar-refractivity contribution >= 4 is 17.7 Å². The number of nitrogens with two attached hydrogens (primary N) is 1. The van der Waals surface area contributed by atoms with Crippen molar-refractivity contribution < 1.29 is 14.4 Å². The molecule has 22 heavy (non-hydrogen) atoms. The second kappa shape index (κ2) is 7.58. The van der Waals surface area contributed by atoms with Crippen LogP contribution in [0.4, 0.5) is 0 Å². The number of piperazine rings is 1. The van der Waals surface area contributed by atoms with Crippen LogP contribution in [0.25, 0.3) is 0 Å². The molecule has 1 atom stereocenters. The molecule has 3 amide bonds. The minimum absolute atomic E-state index is 0.00664. The molecule has 0 aromatic heterocycles. The van der Waals surface area contributed by atoms with Gasteiger partial charge in [-0.1, -0.05) is 20.8 Å². The summed E-state index contributed by atoms with van der Waals surface area (Å²) in [4.78, 5) is 38.6. The molecule has 7 heteroatoms. The van der Waals surface area contributed by atoms with E-state index in [1.807, 2.05) is 20.8 Å². The summed E-state index contributed by atoms with van der Waals surface area (Å²) < 4.78 is 0. The minimum Gasteiger partial charge on any atom is -0.354 e. The Balaban J connectivity index is 2.30. The summed E-state index contributed by atoms with van der Waals surface area (Å²) in [5.74, 6) is -0.204. The van der Waals surface area contributed by atoms with Gasteiger partial charge in [-0.3, -0.25) is 14.4 Å². The molecule has 1 fully saturated rings. The molecule has 0 spiro atoms. The van der Waals surface area contributed by atoms with E-state index in [0.29, 0.717) is 26.2 Å². The summed E-state index contributed by atoms with van der Waals surface area (Å²) in [5, 5.41) is 2.71. The molecule has 1 rings (SSSR count). The largest absolute Gasteiger partial charge is 0.354 e. The van der Waals surface area contributed by atoms with Gasteiger partial charge in [0.1, 0.15) is 0 Å². The quantitative estimate of drug-likeness (QED) is 0.735. The van der Waals surface area contributed by atoms with Gasteiger partial charge in [0, 0.05) is 46.1 Å². The fraction of sp³-hybridized carbons (Fsp3) is 0.800. The normalized spacial score (nSPS) is 17.1. The summed E-state index contributed by atoms with van der Waals surface area (Å²) >= 11 is 0. The summed E-state index contributed by atoms with van der Waals surface area (Å²) in [7, 11) is 0. The van der Waals surface area contributed by atoms with Crippen LogP contribution in [0.5, 0.6) is 0 Å². The molecule has 3 N–H and O–H groups in total. The number of carbonyl (C=O) groups is 3. The molecule has 0 bridgehead atoms. The highest BCUT2D eigenvalue weighted by atomic mass is 16.2. The Morgan fingerprint density at radius 1 is 1.09 bits per heavy atom. The van der Waals surface area contributed by atoms with E-state index in [-0.39, 0.29) is 36.1 Å². The molecule has 0 aromatic carbocycles. The van der Waals surface area contributed by atoms with Crippen molar-refractivity contribution in [1.29, 1.82) is 0 Å². The first kappa shape index (κ1) is 18.4. The predicted molar refractivity (Wildman–Crippen MR) is 83.9 cm³/mol. The zero-order chi connectivity index (χ0) is 16.9. The van der Waals surface area contributed by atoms with Crippen molar-refractivity contribution in [2.24, 2.45) is 11.1 Å². The summed E-state index contributed by atoms with van der Waals surface area (Å²) in [6.45, 7) is 9.76. The highest BCUT2D eigenvalue weighted by molar-refractivity contribution is 5.83. The Hall–Kier alpha value is -1.63. The van der Waals surface area contributed by atoms with E-state index in [2.05, 4.69) is 5.32 Å². The molecule has 0 unspecified atom stereocenters. The Morgan fingerprint density at radius 2 is 1.59 bits per heavy atom. The summed E-state index contributed by atoms with van der Waals surface area (Å²) in [6.07, 6.45) is 0.253. The number of carbonyl (C=O) groups excluding carboxylic acids is 3. The van der Waals surface area contributed by atoms with Crippen molar-refractivity contribution in [2.75, 3.05) is 32.7 Å². The molecule has 1 aliphatic rings. The number of amides is 3. The lowest BCUT2D eigenvalue weighted by atomic mass is 9.87. The molecule has 1 heterocycles. The molecule has 126 valence electrons. The molecule has 7 nitrogen and oxygen atoms in total. The topological polar surface area (TPSA) is 95.7 Å². The van der Waals surface area contributed by atoms with Crippen LogP contribution < -0.4 is 11.1 Å². The third-order valence-corrected chi connectivity index (χ3v) is 3.93. The summed E-state index contributed by atoms with van der Waals surface area (Å²) in [6, 6.07) is -0.596. The van der Waals surface area contributed by atoms with Crippen LogP contribution in [0.2, 0.25) is 0 Å². The maximum Gasteiger partial charge on any atom is 0.237 e. The molecule has 1 saturated heterocycles. The monoisotopic (exact) mass is 312 g/mol. The van der Waals surface area contributed by atoms with E-state index in [1.165, 1.54) is 6.92 Å². The SMILES string of the molecule is CC(=O)N1CCN(C(=O)CCNC(=O)[C@@H](N)C(C)(C)C)CC1. The first-order valence-corrected chi connectivity index (χ1v) is 7.69. The number of nitrogens with one attached hydrogen (secondary N) is 1. The molecule has 0 radical (unpaired) electrons. The van der Waals surface area contributed by atoms with Gasteiger partial charge in [0.15, 0.2) is 0 Å². The molecule has 1 aliphatic heterocycles. The first-order valence-electron chi connectivity index (χ1n) is 7.69. The van der Waals surface area contributed by atoms with E-state index in [1.54, 1.807) is 9.80 Å². The standard InChI is InChI=1S/C15H28N4O3/c1-11(20)18-7-9-19(10-8-18)12(21)5-6-17-14(22)13(16)15(2,3)4/h13H,5-10,16H2,1-4H3,(H,17,22)/t13-/m1/s1. The van der Waals surface area contributed by atoms with Crippen LogP contribution in [-0.2, 0) is 14.4 Å². The highest BCUT2D eigenvalue weighted by Gasteiger charge is 2.27. The average Bonchev–Trinajstić information content (AvgIpc) is 2.45. The van der Waals surface area contributed by atoms with Crippen LogP contribution in [0, 0.1) is 5.41 Å². The molecule has 0 aliphatic carbocycles. The second-order valence-electron chi connectivity index (χ2n) is 6.77. The van der Waals surface area contributed by atoms with Crippen LogP contribution in [0.1, 0.15) is 34.1 Å². The second-order valence-corrected chi connectivity index (χ2v) is 6.77. The third kappa shape index (κ3) is 5.29. The molecule has 0 saturated carbocycles. The Kier molecular flexibility index (Phi) is 6.34. The van der Waals surface area contributed by atoms with Gasteiger partial charge in [-0.05, 0) is 5.41 Å². The van der Waals surface area contributed by atoms with Gasteiger partial charge in [0.2, 0.25) is 17.7 Å². The maximum atomic E-state index is 12.1. The van der Waals surface area contributed by atoms with Gasteiger partial charge in [0.05, 0.1) is 6.04 Å². The van der Waals surface area contributed by atoms with Crippen molar-refractivity contribution in [3.05, 3.63) is 0 Å². The number of rotatable bonds is 4. The van der Waals surface area contributed by atoms with E-state index in [9.17, 15) is 14.4 Å². The van der Waals surface area contributed by atoms with Crippen molar-refractivity contribution in [2.45, 2.75) is 40.2 Å². The lowest BCUT2D eigenvalue weighted by Crippen LogP contribution is -2.51. The Morgan fingerprint density at radius 3 is 2.05 bits per heavy atom. The van der Waals surface area contributed by atoms with Gasteiger partial charge in [-0.2, -0.15) is 0 Å². The Labute approximate surface area is 132 Å². The number of nitrogens with zero attached hydrogens (tertiary/aromatic N) is 2. The Bertz CT molecular complexity index is 423. The van der Waals surface area contributed by atoms with Crippen molar-refractivity contribution in [3.8, 4) is 0 Å². The smallest absolute Gasteiger partial charge is 0.237 e. The minimum atomic E-state index is -0.596. The van der Waals surface area contributed by atoms with E-state index in [4.69, 9.17) is 5.73 Å². The van der Waals surface area contributed by atoms with Crippen LogP contribution >= 0.6 is 0 Å². The van der Waals surface area contributed by atoms with Crippen LogP contribution in [0.15, 0.2) is 0 Å². The van der Waals surface area contributed by atoms with Gasteiger partial charge in [-0.15, -0.1) is 0 Å². The maximum absolute atomic E-state index is 12.1. The lowest BCUT2D eigenvalue weighted by molar-refractivity contribution is -0.138.